The number of fused-ring (bicyclic) bond motifs is 5. The van der Waals surface area contributed by atoms with Gasteiger partial charge in [0.1, 0.15) is 17.3 Å². The van der Waals surface area contributed by atoms with Gasteiger partial charge in [0.05, 0.1) is 27.6 Å². The molecular weight excluding hydrogens is 475 g/mol. The number of nitrogens with one attached hydrogen (secondary N) is 2. The summed E-state index contributed by atoms with van der Waals surface area (Å²) in [5, 5.41) is 5.75. The van der Waals surface area contributed by atoms with Gasteiger partial charge in [-0.05, 0) is 66.8 Å². The summed E-state index contributed by atoms with van der Waals surface area (Å²) in [4.78, 5) is 25.5. The van der Waals surface area contributed by atoms with Gasteiger partial charge in [0, 0.05) is 47.8 Å². The van der Waals surface area contributed by atoms with Gasteiger partial charge in [-0.15, -0.1) is 0 Å². The predicted molar refractivity (Wildman–Crippen MR) is 139 cm³/mol. The van der Waals surface area contributed by atoms with Crippen molar-refractivity contribution in [2.75, 3.05) is 23.3 Å². The number of pyridine rings is 2. The van der Waals surface area contributed by atoms with E-state index in [9.17, 15) is 4.39 Å². The molecule has 4 N–H and O–H groups in total. The fraction of sp³-hybridized carbons (Fsp3) is 0.308. The summed E-state index contributed by atoms with van der Waals surface area (Å²) < 4.78 is 14.8. The maximum Gasteiger partial charge on any atom is 0.196 e. The zero-order valence-electron chi connectivity index (χ0n) is 19.3. The van der Waals surface area contributed by atoms with Gasteiger partial charge in [0.15, 0.2) is 5.16 Å². The molecule has 0 bridgehead atoms. The highest BCUT2D eigenvalue weighted by molar-refractivity contribution is 7.99. The van der Waals surface area contributed by atoms with Gasteiger partial charge in [-0.1, -0.05) is 0 Å². The Hall–Kier alpha value is -3.50. The lowest BCUT2D eigenvalue weighted by Gasteiger charge is -2.21. The number of aromatic nitrogens is 5. The monoisotopic (exact) mass is 498 g/mol. The first kappa shape index (κ1) is 20.7. The zero-order chi connectivity index (χ0) is 24.0. The van der Waals surface area contributed by atoms with Crippen molar-refractivity contribution >= 4 is 56.2 Å². The van der Waals surface area contributed by atoms with Crippen LogP contribution in [0.5, 0.6) is 0 Å². The largest absolute Gasteiger partial charge is 0.381 e. The second kappa shape index (κ2) is 7.50. The van der Waals surface area contributed by atoms with Crippen LogP contribution in [-0.4, -0.2) is 50.1 Å². The highest BCUT2D eigenvalue weighted by Crippen LogP contribution is 2.47. The van der Waals surface area contributed by atoms with E-state index in [1.807, 2.05) is 24.4 Å². The third kappa shape index (κ3) is 3.31. The summed E-state index contributed by atoms with van der Waals surface area (Å²) in [7, 11) is 0. The molecule has 8 rings (SSSR count). The van der Waals surface area contributed by atoms with Crippen LogP contribution in [0, 0.1) is 17.7 Å². The lowest BCUT2D eigenvalue weighted by atomic mass is 10.1. The number of benzene rings is 1. The molecule has 2 atom stereocenters. The van der Waals surface area contributed by atoms with E-state index in [4.69, 9.17) is 15.7 Å². The first-order valence-corrected chi connectivity index (χ1v) is 13.1. The number of aromatic amines is 1. The smallest absolute Gasteiger partial charge is 0.196 e. The predicted octanol–water partition coefficient (Wildman–Crippen LogP) is 4.31. The minimum absolute atomic E-state index is 0.267. The lowest BCUT2D eigenvalue weighted by Crippen LogP contribution is -2.29. The molecule has 2 unspecified atom stereocenters. The number of rotatable bonds is 5. The molecule has 2 saturated carbocycles. The maximum atomic E-state index is 14.8. The number of nitrogens with two attached hydrogens (primary N) is 1. The third-order valence-electron chi connectivity index (χ3n) is 7.62. The second-order valence-corrected chi connectivity index (χ2v) is 11.1. The highest BCUT2D eigenvalue weighted by atomic mass is 32.2. The van der Waals surface area contributed by atoms with Crippen LogP contribution in [0.4, 0.5) is 15.9 Å². The molecule has 0 spiro atoms. The molecule has 180 valence electrons. The molecule has 8 nitrogen and oxygen atoms in total. The van der Waals surface area contributed by atoms with Gasteiger partial charge in [-0.25, -0.2) is 14.4 Å². The first-order valence-electron chi connectivity index (χ1n) is 12.3. The van der Waals surface area contributed by atoms with Crippen molar-refractivity contribution in [3.05, 3.63) is 48.5 Å². The van der Waals surface area contributed by atoms with Gasteiger partial charge in [-0.2, -0.15) is 0 Å². The van der Waals surface area contributed by atoms with Gasteiger partial charge in [-0.3, -0.25) is 9.97 Å². The summed E-state index contributed by atoms with van der Waals surface area (Å²) in [5.74, 6) is 1.56. The molecule has 4 aromatic heterocycles. The Balaban J connectivity index is 1.28. The Morgan fingerprint density at radius 3 is 2.78 bits per heavy atom. The standard InChI is InChI=1S/C26H23FN8S/c27-12-6-15-21-24(32-23(15)20(7-12)31-13-3-4-13)33-26(34-25(21)35-10-16-17(11-35)22(16)28)36-14-8-19-18(30-9-14)2-1-5-29-19/h1-2,5-9,13,16-17,22,31H,3-4,10-11,28H2,(H,32,33,34). The molecule has 1 saturated heterocycles. The summed E-state index contributed by atoms with van der Waals surface area (Å²) >= 11 is 1.45. The van der Waals surface area contributed by atoms with Crippen molar-refractivity contribution in [3.63, 3.8) is 0 Å². The molecule has 5 aromatic rings. The normalized spacial score (nSPS) is 23.1. The minimum Gasteiger partial charge on any atom is -0.381 e. The Kier molecular flexibility index (Phi) is 4.31. The first-order chi connectivity index (χ1) is 17.6. The van der Waals surface area contributed by atoms with E-state index in [2.05, 4.69) is 25.2 Å². The SMILES string of the molecule is NC1C2CN(c3nc(Sc4cnc5cccnc5c4)nc4[nH]c5c(NC6CC6)cc(F)cc5c34)CC12. The Morgan fingerprint density at radius 2 is 1.94 bits per heavy atom. The average molecular weight is 499 g/mol. The number of H-pyrrole nitrogens is 1. The number of hydrogen-bond donors (Lipinski definition) is 3. The van der Waals surface area contributed by atoms with Crippen LogP contribution in [0.2, 0.25) is 0 Å². The van der Waals surface area contributed by atoms with Gasteiger partial charge >= 0.3 is 0 Å². The maximum absolute atomic E-state index is 14.8. The summed E-state index contributed by atoms with van der Waals surface area (Å²) in [5.41, 5.74) is 10.3. The minimum atomic E-state index is -0.267. The van der Waals surface area contributed by atoms with Crippen LogP contribution in [0.25, 0.3) is 33.0 Å². The molecule has 3 fully saturated rings. The van der Waals surface area contributed by atoms with Crippen LogP contribution in [0.15, 0.2) is 52.8 Å². The molecule has 1 aromatic carbocycles. The summed E-state index contributed by atoms with van der Waals surface area (Å²) in [6, 6.07) is 9.66. The van der Waals surface area contributed by atoms with Crippen molar-refractivity contribution in [2.45, 2.75) is 35.0 Å². The van der Waals surface area contributed by atoms with E-state index < -0.39 is 0 Å². The van der Waals surface area contributed by atoms with Crippen LogP contribution < -0.4 is 16.0 Å². The Labute approximate surface area is 209 Å². The number of halogens is 1. The summed E-state index contributed by atoms with van der Waals surface area (Å²) in [6.07, 6.45) is 5.80. The third-order valence-corrected chi connectivity index (χ3v) is 8.44. The van der Waals surface area contributed by atoms with E-state index in [0.717, 1.165) is 69.7 Å². The topological polar surface area (TPSA) is 109 Å². The quantitative estimate of drug-likeness (QED) is 0.308. The van der Waals surface area contributed by atoms with E-state index in [0.29, 0.717) is 28.7 Å². The van der Waals surface area contributed by atoms with E-state index >= 15 is 0 Å². The number of anilines is 2. The summed E-state index contributed by atoms with van der Waals surface area (Å²) in [6.45, 7) is 1.72. The molecule has 36 heavy (non-hydrogen) atoms. The molecule has 3 aliphatic rings. The van der Waals surface area contributed by atoms with Crippen molar-refractivity contribution in [1.29, 1.82) is 0 Å². The highest BCUT2D eigenvalue weighted by Gasteiger charge is 2.54. The van der Waals surface area contributed by atoms with Gasteiger partial charge < -0.3 is 20.9 Å². The van der Waals surface area contributed by atoms with E-state index in [-0.39, 0.29) is 11.9 Å². The molecule has 0 amide bonds. The number of nitrogens with zero attached hydrogens (tertiary/aromatic N) is 5. The van der Waals surface area contributed by atoms with Crippen molar-refractivity contribution in [3.8, 4) is 0 Å². The second-order valence-electron chi connectivity index (χ2n) is 10.1. The lowest BCUT2D eigenvalue weighted by molar-refractivity contribution is 0.630. The van der Waals surface area contributed by atoms with Crippen molar-refractivity contribution < 1.29 is 4.39 Å². The van der Waals surface area contributed by atoms with Crippen molar-refractivity contribution in [1.82, 2.24) is 24.9 Å². The number of hydrogen-bond acceptors (Lipinski definition) is 8. The molecule has 1 aliphatic heterocycles. The zero-order valence-corrected chi connectivity index (χ0v) is 20.1. The molecule has 10 heteroatoms. The van der Waals surface area contributed by atoms with Gasteiger partial charge in [0.2, 0.25) is 0 Å². The fourth-order valence-corrected chi connectivity index (χ4v) is 6.26. The molecule has 2 aliphatic carbocycles. The Bertz CT molecular complexity index is 1670. The average Bonchev–Trinajstić information content (AvgIpc) is 3.68. The molecule has 5 heterocycles. The number of piperidine rings is 1. The fourth-order valence-electron chi connectivity index (χ4n) is 5.50. The van der Waals surface area contributed by atoms with Crippen molar-refractivity contribution in [2.24, 2.45) is 17.6 Å². The Morgan fingerprint density at radius 1 is 1.08 bits per heavy atom. The van der Waals surface area contributed by atoms with Crippen LogP contribution in [0.1, 0.15) is 12.8 Å². The van der Waals surface area contributed by atoms with E-state index in [1.54, 1.807) is 18.3 Å². The molecular formula is C26H23FN8S. The van der Waals surface area contributed by atoms with Crippen LogP contribution in [-0.2, 0) is 0 Å². The van der Waals surface area contributed by atoms with Crippen LogP contribution in [0.3, 0.4) is 0 Å². The van der Waals surface area contributed by atoms with Gasteiger partial charge in [0.25, 0.3) is 0 Å². The van der Waals surface area contributed by atoms with E-state index in [1.165, 1.54) is 11.8 Å². The molecule has 0 radical (unpaired) electrons. The van der Waals surface area contributed by atoms with Crippen LogP contribution >= 0.6 is 11.8 Å².